The molecular formula is C17H24N2O5. The number of carboxylic acid groups (broad SMARTS) is 1. The molecule has 2 rings (SSSR count). The van der Waals surface area contributed by atoms with Gasteiger partial charge in [-0.05, 0) is 12.1 Å². The molecular weight excluding hydrogens is 312 g/mol. The van der Waals surface area contributed by atoms with Crippen LogP contribution in [0.1, 0.15) is 12.8 Å². The number of methoxy groups -OCH3 is 1. The second kappa shape index (κ2) is 9.12. The second-order valence-corrected chi connectivity index (χ2v) is 5.57. The van der Waals surface area contributed by atoms with Gasteiger partial charge < -0.3 is 24.4 Å². The number of carbonyl (C=O) groups excluding carboxylic acids is 1. The van der Waals surface area contributed by atoms with Gasteiger partial charge in [-0.2, -0.15) is 0 Å². The van der Waals surface area contributed by atoms with E-state index in [9.17, 15) is 9.59 Å². The third kappa shape index (κ3) is 5.13. The summed E-state index contributed by atoms with van der Waals surface area (Å²) < 4.78 is 10.8. The summed E-state index contributed by atoms with van der Waals surface area (Å²) in [6, 6.07) is 7.82. The largest absolute Gasteiger partial charge is 0.489 e. The van der Waals surface area contributed by atoms with E-state index >= 15 is 0 Å². The molecule has 1 heterocycles. The lowest BCUT2D eigenvalue weighted by Gasteiger charge is -2.36. The predicted molar refractivity (Wildman–Crippen MR) is 89.5 cm³/mol. The Morgan fingerprint density at radius 2 is 1.79 bits per heavy atom. The van der Waals surface area contributed by atoms with Crippen LogP contribution in [0.5, 0.6) is 5.75 Å². The minimum Gasteiger partial charge on any atom is -0.489 e. The first-order valence-electron chi connectivity index (χ1n) is 8.07. The molecule has 1 aliphatic rings. The molecule has 7 nitrogen and oxygen atoms in total. The van der Waals surface area contributed by atoms with Gasteiger partial charge in [0, 0.05) is 39.7 Å². The average Bonchev–Trinajstić information content (AvgIpc) is 2.60. The minimum absolute atomic E-state index is 0.0616. The molecule has 1 N–H and O–H groups in total. The summed E-state index contributed by atoms with van der Waals surface area (Å²) >= 11 is 0. The number of ether oxygens (including phenoxy) is 2. The number of nitrogens with zero attached hydrogens (tertiary/aromatic N) is 2. The Kier molecular flexibility index (Phi) is 6.87. The molecule has 0 atom stereocenters. The molecule has 1 aromatic rings. The Hall–Kier alpha value is -2.28. The summed E-state index contributed by atoms with van der Waals surface area (Å²) in [5, 5.41) is 8.67. The predicted octanol–water partition coefficient (Wildman–Crippen LogP) is 1.23. The molecule has 0 aromatic heterocycles. The smallest absolute Gasteiger partial charge is 0.303 e. The number of piperazine rings is 1. The van der Waals surface area contributed by atoms with Gasteiger partial charge in [0.1, 0.15) is 12.4 Å². The van der Waals surface area contributed by atoms with Gasteiger partial charge in [0.25, 0.3) is 0 Å². The molecule has 7 heteroatoms. The van der Waals surface area contributed by atoms with Crippen LogP contribution >= 0.6 is 0 Å². The van der Waals surface area contributed by atoms with E-state index in [1.165, 1.54) is 0 Å². The van der Waals surface area contributed by atoms with Crippen molar-refractivity contribution in [2.45, 2.75) is 12.8 Å². The Morgan fingerprint density at radius 3 is 2.46 bits per heavy atom. The molecule has 1 fully saturated rings. The van der Waals surface area contributed by atoms with Crippen LogP contribution in [-0.4, -0.2) is 68.4 Å². The quantitative estimate of drug-likeness (QED) is 0.719. The van der Waals surface area contributed by atoms with Gasteiger partial charge in [-0.15, -0.1) is 0 Å². The van der Waals surface area contributed by atoms with Gasteiger partial charge in [0.2, 0.25) is 5.91 Å². The van der Waals surface area contributed by atoms with Crippen molar-refractivity contribution in [2.24, 2.45) is 0 Å². The van der Waals surface area contributed by atoms with Crippen LogP contribution in [-0.2, 0) is 14.3 Å². The van der Waals surface area contributed by atoms with Gasteiger partial charge in [0.15, 0.2) is 0 Å². The fraction of sp³-hybridized carbons (Fsp3) is 0.529. The van der Waals surface area contributed by atoms with Crippen LogP contribution in [0.15, 0.2) is 24.3 Å². The van der Waals surface area contributed by atoms with Crippen LogP contribution in [0.3, 0.4) is 0 Å². The zero-order valence-corrected chi connectivity index (χ0v) is 13.9. The monoisotopic (exact) mass is 336 g/mol. The van der Waals surface area contributed by atoms with Crippen LogP contribution in [0.25, 0.3) is 0 Å². The van der Waals surface area contributed by atoms with Crippen molar-refractivity contribution in [1.82, 2.24) is 4.90 Å². The number of para-hydroxylation sites is 2. The number of hydrogen-bond acceptors (Lipinski definition) is 5. The zero-order valence-electron chi connectivity index (χ0n) is 13.9. The number of anilines is 1. The van der Waals surface area contributed by atoms with Crippen molar-refractivity contribution in [2.75, 3.05) is 51.4 Å². The molecule has 0 aliphatic carbocycles. The van der Waals surface area contributed by atoms with Crippen molar-refractivity contribution in [3.8, 4) is 5.75 Å². The normalized spacial score (nSPS) is 14.5. The third-order valence-electron chi connectivity index (χ3n) is 3.94. The topological polar surface area (TPSA) is 79.3 Å². The summed E-state index contributed by atoms with van der Waals surface area (Å²) in [5.74, 6) is -0.231. The van der Waals surface area contributed by atoms with E-state index in [4.69, 9.17) is 14.6 Å². The number of amides is 1. The Morgan fingerprint density at radius 1 is 1.08 bits per heavy atom. The molecule has 24 heavy (non-hydrogen) atoms. The highest BCUT2D eigenvalue weighted by molar-refractivity contribution is 5.81. The third-order valence-corrected chi connectivity index (χ3v) is 3.94. The van der Waals surface area contributed by atoms with Crippen LogP contribution in [0.2, 0.25) is 0 Å². The molecule has 0 radical (unpaired) electrons. The number of carbonyl (C=O) groups is 2. The maximum atomic E-state index is 12.0. The minimum atomic E-state index is -0.941. The lowest BCUT2D eigenvalue weighted by Crippen LogP contribution is -2.49. The number of hydrogen-bond donors (Lipinski definition) is 1. The number of benzene rings is 1. The van der Waals surface area contributed by atoms with E-state index in [0.717, 1.165) is 11.4 Å². The van der Waals surface area contributed by atoms with Crippen LogP contribution in [0, 0.1) is 0 Å². The van der Waals surface area contributed by atoms with E-state index in [1.54, 1.807) is 12.0 Å². The molecule has 1 aromatic carbocycles. The van der Waals surface area contributed by atoms with Crippen molar-refractivity contribution in [1.29, 1.82) is 0 Å². The first kappa shape index (κ1) is 18.1. The number of rotatable bonds is 8. The molecule has 0 unspecified atom stereocenters. The highest BCUT2D eigenvalue weighted by atomic mass is 16.5. The summed E-state index contributed by atoms with van der Waals surface area (Å²) in [4.78, 5) is 26.5. The first-order valence-corrected chi connectivity index (χ1v) is 8.07. The van der Waals surface area contributed by atoms with E-state index in [2.05, 4.69) is 4.90 Å². The highest BCUT2D eigenvalue weighted by Crippen LogP contribution is 2.28. The summed E-state index contributed by atoms with van der Waals surface area (Å²) in [7, 11) is 1.63. The van der Waals surface area contributed by atoms with Crippen molar-refractivity contribution < 1.29 is 24.2 Å². The number of carboxylic acids is 1. The van der Waals surface area contributed by atoms with Gasteiger partial charge in [-0.3, -0.25) is 9.59 Å². The van der Waals surface area contributed by atoms with E-state index < -0.39 is 5.97 Å². The van der Waals surface area contributed by atoms with Gasteiger partial charge in [-0.25, -0.2) is 0 Å². The maximum Gasteiger partial charge on any atom is 0.303 e. The Labute approximate surface area is 141 Å². The maximum absolute atomic E-state index is 12.0. The standard InChI is InChI=1S/C17H24N2O5/c1-23-12-13-24-15-5-3-2-4-14(15)18-8-10-19(11-9-18)16(20)6-7-17(21)22/h2-5H,6-13H2,1H3,(H,21,22). The molecule has 132 valence electrons. The molecule has 0 spiro atoms. The Bertz CT molecular complexity index is 556. The molecule has 1 saturated heterocycles. The highest BCUT2D eigenvalue weighted by Gasteiger charge is 2.23. The van der Waals surface area contributed by atoms with Crippen molar-refractivity contribution in [3.63, 3.8) is 0 Å². The fourth-order valence-electron chi connectivity index (χ4n) is 2.64. The van der Waals surface area contributed by atoms with Crippen LogP contribution in [0.4, 0.5) is 5.69 Å². The van der Waals surface area contributed by atoms with Crippen LogP contribution < -0.4 is 9.64 Å². The average molecular weight is 336 g/mol. The lowest BCUT2D eigenvalue weighted by atomic mass is 10.2. The summed E-state index contributed by atoms with van der Waals surface area (Å²) in [5.41, 5.74) is 1.01. The summed E-state index contributed by atoms with van der Waals surface area (Å²) in [6.45, 7) is 3.59. The van der Waals surface area contributed by atoms with Gasteiger partial charge in [0.05, 0.1) is 18.7 Å². The second-order valence-electron chi connectivity index (χ2n) is 5.57. The molecule has 1 amide bonds. The molecule has 1 aliphatic heterocycles. The van der Waals surface area contributed by atoms with E-state index in [1.807, 2.05) is 24.3 Å². The van der Waals surface area contributed by atoms with E-state index in [0.29, 0.717) is 39.4 Å². The molecule has 0 bridgehead atoms. The van der Waals surface area contributed by atoms with Gasteiger partial charge in [-0.1, -0.05) is 12.1 Å². The molecule has 0 saturated carbocycles. The van der Waals surface area contributed by atoms with Crippen molar-refractivity contribution >= 4 is 17.6 Å². The van der Waals surface area contributed by atoms with Gasteiger partial charge >= 0.3 is 5.97 Å². The van der Waals surface area contributed by atoms with Crippen molar-refractivity contribution in [3.05, 3.63) is 24.3 Å². The van der Waals surface area contributed by atoms with E-state index in [-0.39, 0.29) is 18.7 Å². The fourth-order valence-corrected chi connectivity index (χ4v) is 2.64. The number of aliphatic carboxylic acids is 1. The Balaban J connectivity index is 1.90. The first-order chi connectivity index (χ1) is 11.6. The SMILES string of the molecule is COCCOc1ccccc1N1CCN(C(=O)CCC(=O)O)CC1. The lowest BCUT2D eigenvalue weighted by molar-refractivity contribution is -0.141. The zero-order chi connectivity index (χ0) is 17.4. The summed E-state index contributed by atoms with van der Waals surface area (Å²) in [6.07, 6.45) is -0.0543.